The molecule has 146 valence electrons. The van der Waals surface area contributed by atoms with E-state index in [9.17, 15) is 9.59 Å². The monoisotopic (exact) mass is 378 g/mol. The van der Waals surface area contributed by atoms with Gasteiger partial charge in [-0.3, -0.25) is 9.59 Å². The van der Waals surface area contributed by atoms with Crippen molar-refractivity contribution >= 4 is 22.8 Å². The number of H-pyrrole nitrogens is 1. The zero-order chi connectivity index (χ0) is 20.3. The van der Waals surface area contributed by atoms with Crippen molar-refractivity contribution in [2.45, 2.75) is 39.8 Å². The lowest BCUT2D eigenvalue weighted by Crippen LogP contribution is -2.46. The molecule has 2 aromatic carbocycles. The van der Waals surface area contributed by atoms with E-state index in [0.717, 1.165) is 16.6 Å². The topological polar surface area (TPSA) is 86.9 Å². The van der Waals surface area contributed by atoms with Gasteiger partial charge in [-0.05, 0) is 44.0 Å². The highest BCUT2D eigenvalue weighted by Gasteiger charge is 2.25. The molecule has 0 aliphatic carbocycles. The molecule has 0 spiro atoms. The first-order valence-electron chi connectivity index (χ1n) is 9.47. The largest absolute Gasteiger partial charge is 0.344 e. The summed E-state index contributed by atoms with van der Waals surface area (Å²) in [4.78, 5) is 33.0. The van der Waals surface area contributed by atoms with Crippen molar-refractivity contribution in [3.8, 4) is 0 Å². The molecule has 0 fully saturated rings. The average Bonchev–Trinajstić information content (AvgIpc) is 3.09. The van der Waals surface area contributed by atoms with Gasteiger partial charge < -0.3 is 15.6 Å². The molecular weight excluding hydrogens is 352 g/mol. The molecule has 0 radical (unpaired) electrons. The molecule has 1 aromatic heterocycles. The number of imidazole rings is 1. The first kappa shape index (κ1) is 19.6. The van der Waals surface area contributed by atoms with E-state index in [1.165, 1.54) is 0 Å². The van der Waals surface area contributed by atoms with Crippen molar-refractivity contribution in [2.24, 2.45) is 5.92 Å². The number of aromatic amines is 1. The number of nitrogens with zero attached hydrogens (tertiary/aromatic N) is 1. The zero-order valence-electron chi connectivity index (χ0n) is 16.6. The van der Waals surface area contributed by atoms with E-state index < -0.39 is 6.04 Å². The Hall–Kier alpha value is -3.15. The highest BCUT2D eigenvalue weighted by atomic mass is 16.2. The SMILES string of the molecule is Cc1cccc(C(=O)N[C@H](C)C(=O)N[C@H](c2nc3ccccc3[nH]2)C(C)C)c1. The summed E-state index contributed by atoms with van der Waals surface area (Å²) in [7, 11) is 0. The van der Waals surface area contributed by atoms with E-state index in [2.05, 4.69) is 20.6 Å². The summed E-state index contributed by atoms with van der Waals surface area (Å²) in [6, 6.07) is 14.1. The van der Waals surface area contributed by atoms with Gasteiger partial charge in [-0.25, -0.2) is 4.98 Å². The van der Waals surface area contributed by atoms with E-state index in [1.54, 1.807) is 19.1 Å². The molecule has 0 aliphatic rings. The molecule has 0 unspecified atom stereocenters. The van der Waals surface area contributed by atoms with E-state index >= 15 is 0 Å². The van der Waals surface area contributed by atoms with Crippen molar-refractivity contribution < 1.29 is 9.59 Å². The predicted molar refractivity (Wildman–Crippen MR) is 110 cm³/mol. The Bertz CT molecular complexity index is 960. The van der Waals surface area contributed by atoms with Crippen LogP contribution in [0.4, 0.5) is 0 Å². The lowest BCUT2D eigenvalue weighted by Gasteiger charge is -2.23. The molecule has 0 aliphatic heterocycles. The van der Waals surface area contributed by atoms with Crippen LogP contribution < -0.4 is 10.6 Å². The molecule has 1 heterocycles. The number of hydrogen-bond donors (Lipinski definition) is 3. The van der Waals surface area contributed by atoms with Crippen molar-refractivity contribution in [3.05, 3.63) is 65.5 Å². The first-order valence-corrected chi connectivity index (χ1v) is 9.47. The van der Waals surface area contributed by atoms with E-state index in [4.69, 9.17) is 0 Å². The van der Waals surface area contributed by atoms with Crippen molar-refractivity contribution in [2.75, 3.05) is 0 Å². The summed E-state index contributed by atoms with van der Waals surface area (Å²) < 4.78 is 0. The fraction of sp³-hybridized carbons (Fsp3) is 0.318. The minimum absolute atomic E-state index is 0.129. The van der Waals surface area contributed by atoms with Gasteiger partial charge in [0.1, 0.15) is 11.9 Å². The van der Waals surface area contributed by atoms with Crippen LogP contribution in [0.15, 0.2) is 48.5 Å². The van der Waals surface area contributed by atoms with Crippen molar-refractivity contribution in [1.82, 2.24) is 20.6 Å². The molecule has 6 heteroatoms. The van der Waals surface area contributed by atoms with Gasteiger partial charge in [0, 0.05) is 5.56 Å². The third-order valence-electron chi connectivity index (χ3n) is 4.69. The molecule has 3 N–H and O–H groups in total. The van der Waals surface area contributed by atoms with E-state index in [0.29, 0.717) is 11.4 Å². The lowest BCUT2D eigenvalue weighted by molar-refractivity contribution is -0.123. The minimum Gasteiger partial charge on any atom is -0.344 e. The molecule has 0 bridgehead atoms. The number of amides is 2. The molecule has 2 amide bonds. The Morgan fingerprint density at radius 1 is 1.00 bits per heavy atom. The number of carbonyl (C=O) groups excluding carboxylic acids is 2. The Balaban J connectivity index is 1.70. The fourth-order valence-corrected chi connectivity index (χ4v) is 3.08. The second kappa shape index (κ2) is 8.25. The molecule has 3 rings (SSSR count). The van der Waals surface area contributed by atoms with Gasteiger partial charge in [-0.15, -0.1) is 0 Å². The maximum absolute atomic E-state index is 12.7. The van der Waals surface area contributed by atoms with Gasteiger partial charge in [-0.1, -0.05) is 43.7 Å². The summed E-state index contributed by atoms with van der Waals surface area (Å²) in [5.41, 5.74) is 3.32. The zero-order valence-corrected chi connectivity index (χ0v) is 16.6. The minimum atomic E-state index is -0.668. The quantitative estimate of drug-likeness (QED) is 0.613. The van der Waals surface area contributed by atoms with Crippen molar-refractivity contribution in [1.29, 1.82) is 0 Å². The number of hydrogen-bond acceptors (Lipinski definition) is 3. The average molecular weight is 378 g/mol. The second-order valence-electron chi connectivity index (χ2n) is 7.43. The van der Waals surface area contributed by atoms with Gasteiger partial charge in [0.25, 0.3) is 5.91 Å². The highest BCUT2D eigenvalue weighted by Crippen LogP contribution is 2.22. The maximum atomic E-state index is 12.7. The molecule has 6 nitrogen and oxygen atoms in total. The molecule has 2 atom stereocenters. The molecule has 0 saturated carbocycles. The number of benzene rings is 2. The third kappa shape index (κ3) is 4.39. The Kier molecular flexibility index (Phi) is 5.78. The summed E-state index contributed by atoms with van der Waals surface area (Å²) >= 11 is 0. The van der Waals surface area contributed by atoms with Gasteiger partial charge in [0.15, 0.2) is 0 Å². The van der Waals surface area contributed by atoms with Gasteiger partial charge in [0.05, 0.1) is 17.1 Å². The first-order chi connectivity index (χ1) is 13.3. The number of nitrogens with one attached hydrogen (secondary N) is 3. The Labute approximate surface area is 164 Å². The third-order valence-corrected chi connectivity index (χ3v) is 4.69. The van der Waals surface area contributed by atoms with Crippen molar-refractivity contribution in [3.63, 3.8) is 0 Å². The van der Waals surface area contributed by atoms with Gasteiger partial charge >= 0.3 is 0 Å². The van der Waals surface area contributed by atoms with E-state index in [-0.39, 0.29) is 23.8 Å². The number of carbonyl (C=O) groups is 2. The molecule has 3 aromatic rings. The fourth-order valence-electron chi connectivity index (χ4n) is 3.08. The van der Waals surface area contributed by atoms with Gasteiger partial charge in [0.2, 0.25) is 5.91 Å². The van der Waals surface area contributed by atoms with Crippen LogP contribution in [-0.4, -0.2) is 27.8 Å². The second-order valence-corrected chi connectivity index (χ2v) is 7.43. The summed E-state index contributed by atoms with van der Waals surface area (Å²) in [6.45, 7) is 7.65. The highest BCUT2D eigenvalue weighted by molar-refractivity contribution is 5.97. The predicted octanol–water partition coefficient (Wildman–Crippen LogP) is 3.50. The lowest BCUT2D eigenvalue weighted by atomic mass is 10.0. The summed E-state index contributed by atoms with van der Waals surface area (Å²) in [5.74, 6) is 0.322. The molecule has 0 saturated heterocycles. The van der Waals surface area contributed by atoms with Crippen LogP contribution in [0.5, 0.6) is 0 Å². The number of fused-ring (bicyclic) bond motifs is 1. The maximum Gasteiger partial charge on any atom is 0.251 e. The van der Waals surface area contributed by atoms with Crippen LogP contribution in [0.3, 0.4) is 0 Å². The molecule has 28 heavy (non-hydrogen) atoms. The van der Waals surface area contributed by atoms with Crippen LogP contribution in [0, 0.1) is 12.8 Å². The van der Waals surface area contributed by atoms with Crippen LogP contribution in [0.25, 0.3) is 11.0 Å². The van der Waals surface area contributed by atoms with Crippen LogP contribution in [0.2, 0.25) is 0 Å². The van der Waals surface area contributed by atoms with Crippen LogP contribution in [0.1, 0.15) is 48.6 Å². The van der Waals surface area contributed by atoms with Gasteiger partial charge in [-0.2, -0.15) is 0 Å². The smallest absolute Gasteiger partial charge is 0.251 e. The number of rotatable bonds is 6. The van der Waals surface area contributed by atoms with E-state index in [1.807, 2.05) is 57.2 Å². The number of para-hydroxylation sites is 2. The summed E-state index contributed by atoms with van der Waals surface area (Å²) in [6.07, 6.45) is 0. The standard InChI is InChI=1S/C22H26N4O2/c1-13(2)19(20-24-17-10-5-6-11-18(17)25-20)26-21(27)15(4)23-22(28)16-9-7-8-14(3)12-16/h5-13,15,19H,1-4H3,(H,23,28)(H,24,25)(H,26,27)/t15-,19+/m1/s1. The number of aryl methyl sites for hydroxylation is 1. The Morgan fingerprint density at radius 2 is 1.75 bits per heavy atom. The number of aromatic nitrogens is 2. The van der Waals surface area contributed by atoms with Crippen LogP contribution in [-0.2, 0) is 4.79 Å². The summed E-state index contributed by atoms with van der Waals surface area (Å²) in [5, 5.41) is 5.78. The molecular formula is C22H26N4O2. The normalized spacial score (nSPS) is 13.3. The Morgan fingerprint density at radius 3 is 2.43 bits per heavy atom. The van der Waals surface area contributed by atoms with Crippen LogP contribution >= 0.6 is 0 Å².